The summed E-state index contributed by atoms with van der Waals surface area (Å²) in [6.45, 7) is 4.38. The molecule has 1 aromatic rings. The van der Waals surface area contributed by atoms with E-state index in [0.717, 1.165) is 39.1 Å². The third-order valence-electron chi connectivity index (χ3n) is 4.75. The quantitative estimate of drug-likeness (QED) is 0.841. The molecule has 2 saturated heterocycles. The number of piperazine rings is 1. The Labute approximate surface area is 153 Å². The second kappa shape index (κ2) is 7.89. The summed E-state index contributed by atoms with van der Waals surface area (Å²) in [6, 6.07) is 4.72. The van der Waals surface area contributed by atoms with Crippen molar-refractivity contribution in [3.8, 4) is 0 Å². The van der Waals surface area contributed by atoms with Gasteiger partial charge in [0.05, 0.1) is 36.2 Å². The molecule has 0 aromatic heterocycles. The topological polar surface area (TPSA) is 51.0 Å². The van der Waals surface area contributed by atoms with Gasteiger partial charge in [-0.25, -0.2) is 8.42 Å². The van der Waals surface area contributed by atoms with Gasteiger partial charge in [-0.1, -0.05) is 29.3 Å². The molecule has 0 spiro atoms. The van der Waals surface area contributed by atoms with Crippen LogP contribution < -0.4 is 4.90 Å². The van der Waals surface area contributed by atoms with Crippen molar-refractivity contribution in [1.82, 2.24) is 4.31 Å². The molecule has 8 heteroatoms. The molecule has 3 rings (SSSR count). The predicted octanol–water partition coefficient (Wildman–Crippen LogP) is 1.45. The second-order valence-electron chi connectivity index (χ2n) is 6.40. The van der Waals surface area contributed by atoms with E-state index in [0.29, 0.717) is 19.2 Å². The molecule has 5 nitrogen and oxygen atoms in total. The van der Waals surface area contributed by atoms with Crippen LogP contribution in [0.15, 0.2) is 23.1 Å². The SMILES string of the molecule is O=S(=O)(c1cccc(Cl)c1Cl)N1CC[NH+](C[C@H]2CCCCO2)CC1. The molecule has 1 aromatic carbocycles. The molecule has 0 radical (unpaired) electrons. The minimum atomic E-state index is -3.60. The largest absolute Gasteiger partial charge is 0.372 e. The Morgan fingerprint density at radius 2 is 1.96 bits per heavy atom. The first-order chi connectivity index (χ1) is 11.5. The number of halogens is 2. The van der Waals surface area contributed by atoms with E-state index in [1.165, 1.54) is 21.7 Å². The van der Waals surface area contributed by atoms with Gasteiger partial charge in [0.25, 0.3) is 0 Å². The molecular formula is C16H23Cl2N2O3S+. The van der Waals surface area contributed by atoms with Crippen molar-refractivity contribution in [3.63, 3.8) is 0 Å². The Hall–Kier alpha value is -0.370. The van der Waals surface area contributed by atoms with Gasteiger partial charge in [0.1, 0.15) is 17.5 Å². The molecular weight excluding hydrogens is 371 g/mol. The fraction of sp³-hybridized carbons (Fsp3) is 0.625. The van der Waals surface area contributed by atoms with Crippen LogP contribution in [0.25, 0.3) is 0 Å². The number of ether oxygens (including phenoxy) is 1. The Morgan fingerprint density at radius 1 is 1.21 bits per heavy atom. The molecule has 2 aliphatic heterocycles. The number of rotatable bonds is 4. The maximum atomic E-state index is 12.8. The minimum absolute atomic E-state index is 0.0933. The summed E-state index contributed by atoms with van der Waals surface area (Å²) in [6.07, 6.45) is 3.81. The van der Waals surface area contributed by atoms with Crippen LogP contribution in [-0.2, 0) is 14.8 Å². The van der Waals surface area contributed by atoms with E-state index in [1.54, 1.807) is 12.1 Å². The van der Waals surface area contributed by atoms with Gasteiger partial charge in [-0.2, -0.15) is 4.31 Å². The zero-order valence-electron chi connectivity index (χ0n) is 13.5. The van der Waals surface area contributed by atoms with E-state index in [9.17, 15) is 8.42 Å². The van der Waals surface area contributed by atoms with Gasteiger partial charge in [0, 0.05) is 6.61 Å². The average Bonchev–Trinajstić information content (AvgIpc) is 2.58. The first kappa shape index (κ1) is 18.4. The zero-order valence-corrected chi connectivity index (χ0v) is 15.8. The summed E-state index contributed by atoms with van der Waals surface area (Å²) in [7, 11) is -3.60. The van der Waals surface area contributed by atoms with Crippen molar-refractivity contribution in [2.24, 2.45) is 0 Å². The van der Waals surface area contributed by atoms with Crippen LogP contribution in [-0.4, -0.2) is 58.2 Å². The number of sulfonamides is 1. The van der Waals surface area contributed by atoms with E-state index in [2.05, 4.69) is 0 Å². The van der Waals surface area contributed by atoms with Crippen LogP contribution in [0.4, 0.5) is 0 Å². The van der Waals surface area contributed by atoms with Crippen molar-refractivity contribution in [3.05, 3.63) is 28.2 Å². The average molecular weight is 394 g/mol. The van der Waals surface area contributed by atoms with Crippen molar-refractivity contribution in [2.75, 3.05) is 39.3 Å². The summed E-state index contributed by atoms with van der Waals surface area (Å²) < 4.78 is 32.9. The second-order valence-corrected chi connectivity index (χ2v) is 9.09. The highest BCUT2D eigenvalue weighted by Gasteiger charge is 2.33. The molecule has 2 heterocycles. The lowest BCUT2D eigenvalue weighted by Gasteiger charge is -2.34. The van der Waals surface area contributed by atoms with Crippen LogP contribution in [0.2, 0.25) is 10.0 Å². The Balaban J connectivity index is 1.62. The summed E-state index contributed by atoms with van der Waals surface area (Å²) in [5.74, 6) is 0. The lowest BCUT2D eigenvalue weighted by molar-refractivity contribution is -0.907. The van der Waals surface area contributed by atoms with Gasteiger partial charge in [0.15, 0.2) is 0 Å². The highest BCUT2D eigenvalue weighted by Crippen LogP contribution is 2.30. The van der Waals surface area contributed by atoms with Crippen molar-refractivity contribution in [2.45, 2.75) is 30.3 Å². The lowest BCUT2D eigenvalue weighted by Crippen LogP contribution is -3.15. The van der Waals surface area contributed by atoms with E-state index >= 15 is 0 Å². The normalized spacial score (nSPS) is 24.2. The Bertz CT molecular complexity index is 670. The van der Waals surface area contributed by atoms with Gasteiger partial charge in [-0.3, -0.25) is 0 Å². The molecule has 1 N–H and O–H groups in total. The third-order valence-corrected chi connectivity index (χ3v) is 7.63. The van der Waals surface area contributed by atoms with Gasteiger partial charge in [0.2, 0.25) is 10.0 Å². The first-order valence-corrected chi connectivity index (χ1v) is 10.6. The molecule has 24 heavy (non-hydrogen) atoms. The molecule has 0 aliphatic carbocycles. The van der Waals surface area contributed by atoms with E-state index in [-0.39, 0.29) is 14.9 Å². The highest BCUT2D eigenvalue weighted by molar-refractivity contribution is 7.89. The number of nitrogens with zero attached hydrogens (tertiary/aromatic N) is 1. The molecule has 0 saturated carbocycles. The van der Waals surface area contributed by atoms with Gasteiger partial charge in [-0.05, 0) is 31.4 Å². The van der Waals surface area contributed by atoms with E-state index < -0.39 is 10.0 Å². The summed E-state index contributed by atoms with van der Waals surface area (Å²) in [5.41, 5.74) is 0. The number of benzene rings is 1. The van der Waals surface area contributed by atoms with Gasteiger partial charge in [-0.15, -0.1) is 0 Å². The standard InChI is InChI=1S/C16H22Cl2N2O3S/c17-14-5-3-6-15(16(14)18)24(21,22)20-9-7-19(8-10-20)12-13-4-1-2-11-23-13/h3,5-6,13H,1-2,4,7-12H2/p+1/t13-/m1/s1. The number of quaternary nitrogens is 1. The maximum absolute atomic E-state index is 12.8. The Kier molecular flexibility index (Phi) is 6.06. The van der Waals surface area contributed by atoms with Crippen LogP contribution in [0.3, 0.4) is 0 Å². The van der Waals surface area contributed by atoms with E-state index in [1.807, 2.05) is 0 Å². The lowest BCUT2D eigenvalue weighted by atomic mass is 10.1. The zero-order chi connectivity index (χ0) is 17.2. The first-order valence-electron chi connectivity index (χ1n) is 8.38. The summed E-state index contributed by atoms with van der Waals surface area (Å²) in [5, 5.41) is 0.362. The fourth-order valence-corrected chi connectivity index (χ4v) is 5.54. The smallest absolute Gasteiger partial charge is 0.245 e. The fourth-order valence-electron chi connectivity index (χ4n) is 3.36. The van der Waals surface area contributed by atoms with Crippen LogP contribution in [0.5, 0.6) is 0 Å². The molecule has 0 amide bonds. The predicted molar refractivity (Wildman–Crippen MR) is 94.4 cm³/mol. The Morgan fingerprint density at radius 3 is 2.62 bits per heavy atom. The van der Waals surface area contributed by atoms with E-state index in [4.69, 9.17) is 27.9 Å². The highest BCUT2D eigenvalue weighted by atomic mass is 35.5. The molecule has 0 bridgehead atoms. The molecule has 1 atom stereocenters. The van der Waals surface area contributed by atoms with Crippen molar-refractivity contribution >= 4 is 33.2 Å². The van der Waals surface area contributed by atoms with Gasteiger partial charge >= 0.3 is 0 Å². The van der Waals surface area contributed by atoms with Crippen LogP contribution in [0, 0.1) is 0 Å². The van der Waals surface area contributed by atoms with Crippen LogP contribution >= 0.6 is 23.2 Å². The summed E-state index contributed by atoms with van der Waals surface area (Å²) >= 11 is 12.1. The number of hydrogen-bond donors (Lipinski definition) is 1. The number of hydrogen-bond acceptors (Lipinski definition) is 3. The third kappa shape index (κ3) is 4.06. The maximum Gasteiger partial charge on any atom is 0.245 e. The number of nitrogens with one attached hydrogen (secondary N) is 1. The molecule has 2 aliphatic rings. The molecule has 134 valence electrons. The van der Waals surface area contributed by atoms with Crippen LogP contribution in [0.1, 0.15) is 19.3 Å². The van der Waals surface area contributed by atoms with Gasteiger partial charge < -0.3 is 9.64 Å². The summed E-state index contributed by atoms with van der Waals surface area (Å²) in [4.78, 5) is 1.50. The minimum Gasteiger partial charge on any atom is -0.372 e. The molecule has 0 unspecified atom stereocenters. The monoisotopic (exact) mass is 393 g/mol. The molecule has 2 fully saturated rings. The van der Waals surface area contributed by atoms with Crippen molar-refractivity contribution < 1.29 is 18.1 Å². The van der Waals surface area contributed by atoms with Crippen molar-refractivity contribution in [1.29, 1.82) is 0 Å².